The van der Waals surface area contributed by atoms with Crippen molar-refractivity contribution in [3.8, 4) is 12.3 Å². The summed E-state index contributed by atoms with van der Waals surface area (Å²) in [6, 6.07) is 0. The van der Waals surface area contributed by atoms with Crippen molar-refractivity contribution >= 4 is 17.3 Å². The predicted molar refractivity (Wildman–Crippen MR) is 88.8 cm³/mol. The molecule has 0 spiro atoms. The maximum absolute atomic E-state index is 12.1. The largest absolute Gasteiger partial charge is 0.379 e. The van der Waals surface area contributed by atoms with E-state index in [1.807, 2.05) is 0 Å². The van der Waals surface area contributed by atoms with E-state index in [2.05, 4.69) is 30.2 Å². The van der Waals surface area contributed by atoms with Crippen molar-refractivity contribution in [3.05, 3.63) is 21.6 Å². The molecule has 0 fully saturated rings. The summed E-state index contributed by atoms with van der Waals surface area (Å²) in [5.74, 6) is 3.17. The Kier molecular flexibility index (Phi) is 7.92. The average molecular weight is 310 g/mol. The highest BCUT2D eigenvalue weighted by molar-refractivity contribution is 6.32. The highest BCUT2D eigenvalue weighted by Gasteiger charge is 2.08. The fraction of sp³-hybridized carbons (Fsp3) is 0.625. The summed E-state index contributed by atoms with van der Waals surface area (Å²) >= 11 is 6.01. The van der Waals surface area contributed by atoms with E-state index < -0.39 is 0 Å². The number of rotatable bonds is 9. The normalized spacial score (nSPS) is 10.6. The molecule has 21 heavy (non-hydrogen) atoms. The SMILES string of the molecule is C#CCn1ncc(Cl)c(NCCCCCCC(C)C)c1=O. The number of hydrogen-bond donors (Lipinski definition) is 1. The van der Waals surface area contributed by atoms with Crippen molar-refractivity contribution in [1.82, 2.24) is 9.78 Å². The number of hydrogen-bond acceptors (Lipinski definition) is 3. The molecule has 1 N–H and O–H groups in total. The Bertz CT molecular complexity index is 531. The Morgan fingerprint density at radius 1 is 1.38 bits per heavy atom. The van der Waals surface area contributed by atoms with Crippen LogP contribution in [0, 0.1) is 18.3 Å². The van der Waals surface area contributed by atoms with Crippen molar-refractivity contribution in [2.45, 2.75) is 52.5 Å². The van der Waals surface area contributed by atoms with Crippen LogP contribution in [0.25, 0.3) is 0 Å². The number of aromatic nitrogens is 2. The second kappa shape index (κ2) is 9.46. The van der Waals surface area contributed by atoms with E-state index in [1.54, 1.807) is 0 Å². The van der Waals surface area contributed by atoms with E-state index in [9.17, 15) is 4.79 Å². The third kappa shape index (κ3) is 6.22. The van der Waals surface area contributed by atoms with Crippen molar-refractivity contribution in [2.75, 3.05) is 11.9 Å². The Labute approximate surface area is 131 Å². The van der Waals surface area contributed by atoms with Crippen molar-refractivity contribution in [1.29, 1.82) is 0 Å². The van der Waals surface area contributed by atoms with Gasteiger partial charge in [0, 0.05) is 6.54 Å². The molecule has 0 atom stereocenters. The summed E-state index contributed by atoms with van der Waals surface area (Å²) < 4.78 is 1.23. The Morgan fingerprint density at radius 2 is 2.10 bits per heavy atom. The van der Waals surface area contributed by atoms with Gasteiger partial charge in [-0.15, -0.1) is 6.42 Å². The lowest BCUT2D eigenvalue weighted by Crippen LogP contribution is -2.26. The highest BCUT2D eigenvalue weighted by Crippen LogP contribution is 2.15. The van der Waals surface area contributed by atoms with Crippen LogP contribution >= 0.6 is 11.6 Å². The van der Waals surface area contributed by atoms with E-state index >= 15 is 0 Å². The fourth-order valence-electron chi connectivity index (χ4n) is 2.07. The zero-order valence-corrected chi connectivity index (χ0v) is 13.6. The smallest absolute Gasteiger partial charge is 0.292 e. The lowest BCUT2D eigenvalue weighted by atomic mass is 10.0. The number of nitrogens with zero attached hydrogens (tertiary/aromatic N) is 2. The monoisotopic (exact) mass is 309 g/mol. The minimum atomic E-state index is -0.264. The van der Waals surface area contributed by atoms with E-state index in [0.29, 0.717) is 10.7 Å². The van der Waals surface area contributed by atoms with E-state index in [1.165, 1.54) is 30.1 Å². The number of terminal acetylenes is 1. The van der Waals surface area contributed by atoms with Gasteiger partial charge in [-0.2, -0.15) is 5.10 Å². The topological polar surface area (TPSA) is 46.9 Å². The second-order valence-corrected chi connectivity index (χ2v) is 5.97. The molecule has 0 aliphatic rings. The quantitative estimate of drug-likeness (QED) is 0.560. The standard InChI is InChI=1S/C16H24ClN3O/c1-4-11-20-16(21)15(14(17)12-19-20)18-10-8-6-5-7-9-13(2)3/h1,12-13,18H,5-11H2,2-3H3. The Morgan fingerprint density at radius 3 is 2.76 bits per heavy atom. The molecule has 1 aromatic rings. The van der Waals surface area contributed by atoms with Gasteiger partial charge >= 0.3 is 0 Å². The maximum atomic E-state index is 12.1. The van der Waals surface area contributed by atoms with Gasteiger partial charge in [0.25, 0.3) is 5.56 Å². The van der Waals surface area contributed by atoms with Gasteiger partial charge in [-0.05, 0) is 12.3 Å². The minimum absolute atomic E-state index is 0.153. The minimum Gasteiger partial charge on any atom is -0.379 e. The predicted octanol–water partition coefficient (Wildman–Crippen LogP) is 3.55. The van der Waals surface area contributed by atoms with Gasteiger partial charge < -0.3 is 5.32 Å². The number of nitrogens with one attached hydrogen (secondary N) is 1. The second-order valence-electron chi connectivity index (χ2n) is 5.56. The Balaban J connectivity index is 2.40. The van der Waals surface area contributed by atoms with Crippen molar-refractivity contribution in [2.24, 2.45) is 5.92 Å². The van der Waals surface area contributed by atoms with Crippen LogP contribution in [0.4, 0.5) is 5.69 Å². The van der Waals surface area contributed by atoms with E-state index in [0.717, 1.165) is 25.3 Å². The van der Waals surface area contributed by atoms with Crippen molar-refractivity contribution in [3.63, 3.8) is 0 Å². The number of halogens is 1. The molecule has 0 radical (unpaired) electrons. The molecule has 0 aromatic carbocycles. The van der Waals surface area contributed by atoms with Gasteiger partial charge in [-0.25, -0.2) is 4.68 Å². The number of unbranched alkanes of at least 4 members (excludes halogenated alkanes) is 3. The third-order valence-electron chi connectivity index (χ3n) is 3.25. The molecule has 0 saturated carbocycles. The van der Waals surface area contributed by atoms with Gasteiger partial charge in [0.15, 0.2) is 0 Å². The van der Waals surface area contributed by atoms with Crippen LogP contribution in [0.15, 0.2) is 11.0 Å². The highest BCUT2D eigenvalue weighted by atomic mass is 35.5. The fourth-order valence-corrected chi connectivity index (χ4v) is 2.26. The summed E-state index contributed by atoms with van der Waals surface area (Å²) in [5, 5.41) is 7.35. The van der Waals surface area contributed by atoms with Crippen LogP contribution in [0.5, 0.6) is 0 Å². The van der Waals surface area contributed by atoms with E-state index in [4.69, 9.17) is 18.0 Å². The summed E-state index contributed by atoms with van der Waals surface area (Å²) in [7, 11) is 0. The molecule has 0 amide bonds. The first-order valence-electron chi connectivity index (χ1n) is 7.49. The first kappa shape index (κ1) is 17.6. The van der Waals surface area contributed by atoms with Gasteiger partial charge in [-0.1, -0.05) is 57.1 Å². The molecule has 116 valence electrons. The van der Waals surface area contributed by atoms with Gasteiger partial charge in [-0.3, -0.25) is 4.79 Å². The van der Waals surface area contributed by atoms with Crippen LogP contribution in [0.2, 0.25) is 5.02 Å². The molecular weight excluding hydrogens is 286 g/mol. The van der Waals surface area contributed by atoms with Crippen LogP contribution in [0.1, 0.15) is 46.0 Å². The van der Waals surface area contributed by atoms with Crippen LogP contribution in [-0.4, -0.2) is 16.3 Å². The molecule has 5 heteroatoms. The molecule has 0 saturated heterocycles. The Hall–Kier alpha value is -1.47. The summed E-state index contributed by atoms with van der Waals surface area (Å²) in [5.41, 5.74) is 0.129. The lowest BCUT2D eigenvalue weighted by Gasteiger charge is -2.09. The van der Waals surface area contributed by atoms with Gasteiger partial charge in [0.05, 0.1) is 11.2 Å². The molecule has 1 rings (SSSR count). The van der Waals surface area contributed by atoms with Gasteiger partial charge in [0.1, 0.15) is 12.2 Å². The summed E-state index contributed by atoms with van der Waals surface area (Å²) in [6.07, 6.45) is 12.6. The van der Waals surface area contributed by atoms with Gasteiger partial charge in [0.2, 0.25) is 0 Å². The first-order valence-corrected chi connectivity index (χ1v) is 7.87. The molecule has 1 heterocycles. The lowest BCUT2D eigenvalue weighted by molar-refractivity contribution is 0.523. The zero-order chi connectivity index (χ0) is 15.7. The molecule has 1 aromatic heterocycles. The number of anilines is 1. The molecule has 0 unspecified atom stereocenters. The zero-order valence-electron chi connectivity index (χ0n) is 12.9. The molecule has 0 aliphatic heterocycles. The average Bonchev–Trinajstić information content (AvgIpc) is 2.44. The van der Waals surface area contributed by atoms with Crippen LogP contribution in [0.3, 0.4) is 0 Å². The first-order chi connectivity index (χ1) is 10.1. The summed E-state index contributed by atoms with van der Waals surface area (Å²) in [4.78, 5) is 12.1. The molecule has 4 nitrogen and oxygen atoms in total. The molecule has 0 aliphatic carbocycles. The van der Waals surface area contributed by atoms with Crippen LogP contribution in [-0.2, 0) is 6.54 Å². The van der Waals surface area contributed by atoms with Crippen molar-refractivity contribution < 1.29 is 0 Å². The van der Waals surface area contributed by atoms with E-state index in [-0.39, 0.29) is 12.1 Å². The van der Waals surface area contributed by atoms with Crippen LogP contribution < -0.4 is 10.9 Å². The molecular formula is C16H24ClN3O. The maximum Gasteiger partial charge on any atom is 0.292 e. The summed E-state index contributed by atoms with van der Waals surface area (Å²) in [6.45, 7) is 5.37. The third-order valence-corrected chi connectivity index (χ3v) is 3.54. The molecule has 0 bridgehead atoms.